The van der Waals surface area contributed by atoms with Crippen molar-refractivity contribution in [1.29, 1.82) is 0 Å². The summed E-state index contributed by atoms with van der Waals surface area (Å²) in [4.78, 5) is 0. The summed E-state index contributed by atoms with van der Waals surface area (Å²) in [6.07, 6.45) is 2.75. The van der Waals surface area contributed by atoms with E-state index in [2.05, 4.69) is 36.5 Å². The van der Waals surface area contributed by atoms with Crippen molar-refractivity contribution >= 4 is 0 Å². The SMILES string of the molecule is COCC(C)CNCc1cccc(C2CC2)c1. The zero-order chi connectivity index (χ0) is 12.1. The third-order valence-corrected chi connectivity index (χ3v) is 3.27. The van der Waals surface area contributed by atoms with E-state index in [1.165, 1.54) is 24.0 Å². The highest BCUT2D eigenvalue weighted by atomic mass is 16.5. The van der Waals surface area contributed by atoms with E-state index in [0.717, 1.165) is 25.6 Å². The van der Waals surface area contributed by atoms with Gasteiger partial charge in [-0.25, -0.2) is 0 Å². The van der Waals surface area contributed by atoms with Gasteiger partial charge in [0.2, 0.25) is 0 Å². The van der Waals surface area contributed by atoms with Crippen LogP contribution in [0.15, 0.2) is 24.3 Å². The summed E-state index contributed by atoms with van der Waals surface area (Å²) in [5.74, 6) is 1.42. The van der Waals surface area contributed by atoms with Gasteiger partial charge in [0.15, 0.2) is 0 Å². The van der Waals surface area contributed by atoms with Crippen molar-refractivity contribution in [3.8, 4) is 0 Å². The number of rotatable bonds is 7. The lowest BCUT2D eigenvalue weighted by atomic mass is 10.1. The number of nitrogens with one attached hydrogen (secondary N) is 1. The van der Waals surface area contributed by atoms with Crippen LogP contribution in [0.3, 0.4) is 0 Å². The second-order valence-corrected chi connectivity index (χ2v) is 5.21. The van der Waals surface area contributed by atoms with Crippen LogP contribution in [-0.2, 0) is 11.3 Å². The lowest BCUT2D eigenvalue weighted by molar-refractivity contribution is 0.158. The van der Waals surface area contributed by atoms with E-state index in [1.807, 2.05) is 0 Å². The van der Waals surface area contributed by atoms with Crippen LogP contribution < -0.4 is 5.32 Å². The van der Waals surface area contributed by atoms with Crippen molar-refractivity contribution < 1.29 is 4.74 Å². The van der Waals surface area contributed by atoms with E-state index in [1.54, 1.807) is 7.11 Å². The fraction of sp³-hybridized carbons (Fsp3) is 0.600. The molecule has 1 N–H and O–H groups in total. The van der Waals surface area contributed by atoms with E-state index in [9.17, 15) is 0 Å². The normalized spacial score (nSPS) is 17.1. The summed E-state index contributed by atoms with van der Waals surface area (Å²) >= 11 is 0. The topological polar surface area (TPSA) is 21.3 Å². The molecule has 2 heteroatoms. The molecule has 0 radical (unpaired) electrons. The Hall–Kier alpha value is -0.860. The van der Waals surface area contributed by atoms with Crippen LogP contribution >= 0.6 is 0 Å². The monoisotopic (exact) mass is 233 g/mol. The van der Waals surface area contributed by atoms with Crippen LogP contribution in [0.4, 0.5) is 0 Å². The summed E-state index contributed by atoms with van der Waals surface area (Å²) in [6.45, 7) is 5.02. The molecular weight excluding hydrogens is 210 g/mol. The van der Waals surface area contributed by atoms with Gasteiger partial charge in [-0.15, -0.1) is 0 Å². The highest BCUT2D eigenvalue weighted by Gasteiger charge is 2.23. The highest BCUT2D eigenvalue weighted by molar-refractivity contribution is 5.29. The van der Waals surface area contributed by atoms with Crippen molar-refractivity contribution in [2.75, 3.05) is 20.3 Å². The minimum atomic E-state index is 0.576. The second kappa shape index (κ2) is 6.18. The van der Waals surface area contributed by atoms with Crippen LogP contribution in [-0.4, -0.2) is 20.3 Å². The van der Waals surface area contributed by atoms with Crippen molar-refractivity contribution in [2.24, 2.45) is 5.92 Å². The number of ether oxygens (including phenoxy) is 1. The zero-order valence-corrected chi connectivity index (χ0v) is 10.9. The molecule has 0 spiro atoms. The molecule has 1 aliphatic rings. The fourth-order valence-corrected chi connectivity index (χ4v) is 2.18. The van der Waals surface area contributed by atoms with Crippen molar-refractivity contribution in [2.45, 2.75) is 32.2 Å². The first-order valence-corrected chi connectivity index (χ1v) is 6.58. The summed E-state index contributed by atoms with van der Waals surface area (Å²) in [7, 11) is 1.76. The molecule has 1 aromatic rings. The van der Waals surface area contributed by atoms with Gasteiger partial charge in [-0.3, -0.25) is 0 Å². The minimum Gasteiger partial charge on any atom is -0.384 e. The molecule has 1 atom stereocenters. The Morgan fingerprint density at radius 3 is 2.94 bits per heavy atom. The van der Waals surface area contributed by atoms with Gasteiger partial charge in [0, 0.05) is 26.8 Å². The third-order valence-electron chi connectivity index (χ3n) is 3.27. The largest absolute Gasteiger partial charge is 0.384 e. The smallest absolute Gasteiger partial charge is 0.0499 e. The van der Waals surface area contributed by atoms with Crippen LogP contribution in [0.2, 0.25) is 0 Å². The van der Waals surface area contributed by atoms with Crippen molar-refractivity contribution in [3.63, 3.8) is 0 Å². The Morgan fingerprint density at radius 1 is 1.41 bits per heavy atom. The molecule has 1 unspecified atom stereocenters. The molecule has 2 nitrogen and oxygen atoms in total. The maximum absolute atomic E-state index is 5.13. The van der Waals surface area contributed by atoms with Gasteiger partial charge < -0.3 is 10.1 Å². The molecule has 2 rings (SSSR count). The third kappa shape index (κ3) is 4.14. The van der Waals surface area contributed by atoms with E-state index in [4.69, 9.17) is 4.74 Å². The van der Waals surface area contributed by atoms with E-state index < -0.39 is 0 Å². The fourth-order valence-electron chi connectivity index (χ4n) is 2.18. The van der Waals surface area contributed by atoms with Gasteiger partial charge in [-0.1, -0.05) is 31.2 Å². The number of benzene rings is 1. The van der Waals surface area contributed by atoms with Gasteiger partial charge in [0.1, 0.15) is 0 Å². The molecule has 0 aliphatic heterocycles. The maximum atomic E-state index is 5.13. The summed E-state index contributed by atoms with van der Waals surface area (Å²) in [5.41, 5.74) is 2.92. The second-order valence-electron chi connectivity index (χ2n) is 5.21. The average molecular weight is 233 g/mol. The molecule has 1 saturated carbocycles. The maximum Gasteiger partial charge on any atom is 0.0499 e. The molecule has 0 bridgehead atoms. The molecule has 1 aromatic carbocycles. The molecule has 0 amide bonds. The predicted octanol–water partition coefficient (Wildman–Crippen LogP) is 2.94. The van der Waals surface area contributed by atoms with Crippen LogP contribution in [0, 0.1) is 5.92 Å². The zero-order valence-electron chi connectivity index (χ0n) is 10.9. The Kier molecular flexibility index (Phi) is 4.57. The molecular formula is C15H23NO. The molecule has 1 fully saturated rings. The lowest BCUT2D eigenvalue weighted by Gasteiger charge is -2.12. The van der Waals surface area contributed by atoms with Crippen LogP contribution in [0.1, 0.15) is 36.8 Å². The van der Waals surface area contributed by atoms with Gasteiger partial charge in [-0.05, 0) is 35.8 Å². The van der Waals surface area contributed by atoms with Gasteiger partial charge in [0.25, 0.3) is 0 Å². The Morgan fingerprint density at radius 2 is 2.24 bits per heavy atom. The van der Waals surface area contributed by atoms with Gasteiger partial charge >= 0.3 is 0 Å². The van der Waals surface area contributed by atoms with E-state index in [-0.39, 0.29) is 0 Å². The average Bonchev–Trinajstić information content (AvgIpc) is 3.14. The van der Waals surface area contributed by atoms with Crippen LogP contribution in [0.25, 0.3) is 0 Å². The lowest BCUT2D eigenvalue weighted by Crippen LogP contribution is -2.23. The molecule has 1 aliphatic carbocycles. The summed E-state index contributed by atoms with van der Waals surface area (Å²) in [5, 5.41) is 3.49. The van der Waals surface area contributed by atoms with Crippen molar-refractivity contribution in [3.05, 3.63) is 35.4 Å². The predicted molar refractivity (Wildman–Crippen MR) is 71.2 cm³/mol. The standard InChI is InChI=1S/C15H23NO/c1-12(11-17-2)9-16-10-13-4-3-5-15(8-13)14-6-7-14/h3-5,8,12,14,16H,6-7,9-11H2,1-2H3. The molecule has 17 heavy (non-hydrogen) atoms. The molecule has 0 heterocycles. The van der Waals surface area contributed by atoms with E-state index >= 15 is 0 Å². The molecule has 94 valence electrons. The molecule has 0 aromatic heterocycles. The minimum absolute atomic E-state index is 0.576. The Balaban J connectivity index is 1.76. The first-order valence-electron chi connectivity index (χ1n) is 6.58. The quantitative estimate of drug-likeness (QED) is 0.782. The summed E-state index contributed by atoms with van der Waals surface area (Å²) in [6, 6.07) is 9.00. The first-order chi connectivity index (χ1) is 8.29. The van der Waals surface area contributed by atoms with Gasteiger partial charge in [-0.2, -0.15) is 0 Å². The highest BCUT2D eigenvalue weighted by Crippen LogP contribution is 2.40. The number of hydrogen-bond acceptors (Lipinski definition) is 2. The summed E-state index contributed by atoms with van der Waals surface area (Å²) < 4.78 is 5.13. The van der Waals surface area contributed by atoms with Crippen LogP contribution in [0.5, 0.6) is 0 Å². The molecule has 0 saturated heterocycles. The van der Waals surface area contributed by atoms with Gasteiger partial charge in [0.05, 0.1) is 0 Å². The van der Waals surface area contributed by atoms with E-state index in [0.29, 0.717) is 5.92 Å². The Labute approximate surface area is 104 Å². The number of hydrogen-bond donors (Lipinski definition) is 1. The van der Waals surface area contributed by atoms with Crippen molar-refractivity contribution in [1.82, 2.24) is 5.32 Å². The first kappa shape index (κ1) is 12.6. The number of methoxy groups -OCH3 is 1. The Bertz CT molecular complexity index is 347.